The first-order valence-electron chi connectivity index (χ1n) is 9.59. The number of carbonyl (C=O) groups is 2. The second kappa shape index (κ2) is 11.2. The van der Waals surface area contributed by atoms with Crippen LogP contribution < -0.4 is 20.7 Å². The quantitative estimate of drug-likeness (QED) is 0.576. The zero-order valence-electron chi connectivity index (χ0n) is 17.0. The van der Waals surface area contributed by atoms with Crippen LogP contribution in [-0.4, -0.2) is 30.1 Å². The van der Waals surface area contributed by atoms with Crippen LogP contribution in [0, 0.1) is 0 Å². The summed E-state index contributed by atoms with van der Waals surface area (Å²) in [5.74, 6) is 0.448. The molecule has 0 aliphatic carbocycles. The van der Waals surface area contributed by atoms with Gasteiger partial charge in [0.2, 0.25) is 5.91 Å². The van der Waals surface area contributed by atoms with E-state index in [4.69, 9.17) is 17.0 Å². The summed E-state index contributed by atoms with van der Waals surface area (Å²) in [5, 5.41) is 8.47. The lowest BCUT2D eigenvalue weighted by atomic mass is 10.1. The van der Waals surface area contributed by atoms with Crippen LogP contribution in [-0.2, 0) is 11.2 Å². The summed E-state index contributed by atoms with van der Waals surface area (Å²) in [6.45, 7) is 4.05. The maximum atomic E-state index is 12.3. The number of hydrogen-bond donors (Lipinski definition) is 3. The lowest BCUT2D eigenvalue weighted by Crippen LogP contribution is -2.34. The van der Waals surface area contributed by atoms with Crippen LogP contribution in [0.4, 0.5) is 5.69 Å². The number of nitrogens with one attached hydrogen (secondary N) is 3. The second-order valence-electron chi connectivity index (χ2n) is 6.64. The summed E-state index contributed by atoms with van der Waals surface area (Å²) < 4.78 is 5.71. The molecule has 6 nitrogen and oxygen atoms in total. The van der Waals surface area contributed by atoms with E-state index in [-0.39, 0.29) is 23.0 Å². The normalized spacial score (nSPS) is 11.3. The molecule has 2 amide bonds. The van der Waals surface area contributed by atoms with Crippen molar-refractivity contribution < 1.29 is 14.3 Å². The molecule has 154 valence electrons. The van der Waals surface area contributed by atoms with Crippen molar-refractivity contribution in [3.05, 3.63) is 59.7 Å². The van der Waals surface area contributed by atoms with E-state index in [1.54, 1.807) is 31.3 Å². The van der Waals surface area contributed by atoms with Crippen LogP contribution >= 0.6 is 12.2 Å². The molecular formula is C22H27N3O3S. The van der Waals surface area contributed by atoms with E-state index < -0.39 is 0 Å². The molecule has 0 saturated heterocycles. The first-order chi connectivity index (χ1) is 13.9. The topological polar surface area (TPSA) is 79.5 Å². The molecule has 2 aromatic rings. The predicted octanol–water partition coefficient (Wildman–Crippen LogP) is 3.67. The van der Waals surface area contributed by atoms with Gasteiger partial charge in [0.1, 0.15) is 5.75 Å². The second-order valence-corrected chi connectivity index (χ2v) is 7.05. The summed E-state index contributed by atoms with van der Waals surface area (Å²) in [5.41, 5.74) is 2.31. The van der Waals surface area contributed by atoms with Gasteiger partial charge in [-0.1, -0.05) is 19.1 Å². The fourth-order valence-corrected chi connectivity index (χ4v) is 2.69. The Bertz CT molecular complexity index is 835. The Labute approximate surface area is 177 Å². The highest BCUT2D eigenvalue weighted by atomic mass is 32.1. The molecule has 3 N–H and O–H groups in total. The molecule has 0 heterocycles. The molecule has 0 fully saturated rings. The third-order valence-corrected chi connectivity index (χ3v) is 4.59. The SMILES string of the molecule is CCC(C)Oc1ccc(C(=O)NC(=S)Nc2ccc(CCC(=O)NC)cc2)cc1. The van der Waals surface area contributed by atoms with Gasteiger partial charge in [-0.2, -0.15) is 0 Å². The number of ether oxygens (including phenoxy) is 1. The minimum absolute atomic E-state index is 0.00978. The first kappa shape index (κ1) is 22.4. The molecule has 0 aromatic heterocycles. The van der Waals surface area contributed by atoms with Crippen molar-refractivity contribution in [3.8, 4) is 5.75 Å². The number of thiocarbonyl (C=S) groups is 1. The van der Waals surface area contributed by atoms with E-state index in [9.17, 15) is 9.59 Å². The smallest absolute Gasteiger partial charge is 0.257 e. The number of aryl methyl sites for hydroxylation is 1. The summed E-state index contributed by atoms with van der Waals surface area (Å²) in [6, 6.07) is 14.5. The van der Waals surface area contributed by atoms with Crippen molar-refractivity contribution in [1.29, 1.82) is 0 Å². The average molecular weight is 414 g/mol. The maximum absolute atomic E-state index is 12.3. The highest BCUT2D eigenvalue weighted by Gasteiger charge is 2.09. The lowest BCUT2D eigenvalue weighted by molar-refractivity contribution is -0.120. The molecule has 1 atom stereocenters. The Balaban J connectivity index is 1.85. The number of anilines is 1. The van der Waals surface area contributed by atoms with Gasteiger partial charge in [-0.05, 0) is 73.9 Å². The zero-order chi connectivity index (χ0) is 21.2. The van der Waals surface area contributed by atoms with Crippen molar-refractivity contribution in [3.63, 3.8) is 0 Å². The van der Waals surface area contributed by atoms with Crippen LogP contribution in [0.2, 0.25) is 0 Å². The average Bonchev–Trinajstić information content (AvgIpc) is 2.73. The van der Waals surface area contributed by atoms with Gasteiger partial charge in [-0.3, -0.25) is 14.9 Å². The molecule has 2 rings (SSSR count). The fourth-order valence-electron chi connectivity index (χ4n) is 2.48. The summed E-state index contributed by atoms with van der Waals surface area (Å²) >= 11 is 5.22. The number of carbonyl (C=O) groups excluding carboxylic acids is 2. The van der Waals surface area contributed by atoms with Crippen molar-refractivity contribution in [2.75, 3.05) is 12.4 Å². The monoisotopic (exact) mass is 413 g/mol. The summed E-state index contributed by atoms with van der Waals surface area (Å²) in [7, 11) is 1.62. The lowest BCUT2D eigenvalue weighted by Gasteiger charge is -2.13. The van der Waals surface area contributed by atoms with Crippen LogP contribution in [0.3, 0.4) is 0 Å². The fraction of sp³-hybridized carbons (Fsp3) is 0.318. The standard InChI is InChI=1S/C22H27N3O3S/c1-4-15(2)28-19-12-8-17(9-13-19)21(27)25-22(29)24-18-10-5-16(6-11-18)7-14-20(26)23-3/h5-6,8-13,15H,4,7,14H2,1-3H3,(H,23,26)(H2,24,25,27,29). The van der Waals surface area contributed by atoms with Gasteiger partial charge in [0.25, 0.3) is 5.91 Å². The largest absolute Gasteiger partial charge is 0.491 e. The molecule has 0 aliphatic rings. The Kier molecular flexibility index (Phi) is 8.61. The van der Waals surface area contributed by atoms with Gasteiger partial charge >= 0.3 is 0 Å². The molecule has 2 aromatic carbocycles. The number of hydrogen-bond acceptors (Lipinski definition) is 4. The number of benzene rings is 2. The van der Waals surface area contributed by atoms with Crippen molar-refractivity contribution >= 4 is 34.8 Å². The van der Waals surface area contributed by atoms with E-state index in [1.807, 2.05) is 31.2 Å². The Morgan fingerprint density at radius 1 is 1.07 bits per heavy atom. The first-order valence-corrected chi connectivity index (χ1v) is 10.0. The van der Waals surface area contributed by atoms with Crippen LogP contribution in [0.5, 0.6) is 5.75 Å². The van der Waals surface area contributed by atoms with Gasteiger partial charge in [0.15, 0.2) is 5.11 Å². The van der Waals surface area contributed by atoms with Crippen LogP contribution in [0.15, 0.2) is 48.5 Å². The van der Waals surface area contributed by atoms with Crippen molar-refractivity contribution in [2.45, 2.75) is 39.2 Å². The molecule has 29 heavy (non-hydrogen) atoms. The number of rotatable bonds is 8. The van der Waals surface area contributed by atoms with E-state index in [1.165, 1.54) is 0 Å². The molecule has 0 bridgehead atoms. The predicted molar refractivity (Wildman–Crippen MR) is 119 cm³/mol. The van der Waals surface area contributed by atoms with Gasteiger partial charge in [-0.25, -0.2) is 0 Å². The van der Waals surface area contributed by atoms with E-state index >= 15 is 0 Å². The zero-order valence-corrected chi connectivity index (χ0v) is 17.8. The summed E-state index contributed by atoms with van der Waals surface area (Å²) in [4.78, 5) is 23.7. The molecular weight excluding hydrogens is 386 g/mol. The molecule has 0 spiro atoms. The van der Waals surface area contributed by atoms with Crippen molar-refractivity contribution in [2.24, 2.45) is 0 Å². The minimum Gasteiger partial charge on any atom is -0.491 e. The van der Waals surface area contributed by atoms with Gasteiger partial charge in [-0.15, -0.1) is 0 Å². The maximum Gasteiger partial charge on any atom is 0.257 e. The Morgan fingerprint density at radius 3 is 2.31 bits per heavy atom. The molecule has 7 heteroatoms. The molecule has 0 saturated carbocycles. The van der Waals surface area contributed by atoms with Crippen LogP contribution in [0.25, 0.3) is 0 Å². The Morgan fingerprint density at radius 2 is 1.72 bits per heavy atom. The highest BCUT2D eigenvalue weighted by Crippen LogP contribution is 2.15. The van der Waals surface area contributed by atoms with Crippen molar-refractivity contribution in [1.82, 2.24) is 10.6 Å². The minimum atomic E-state index is -0.292. The number of amides is 2. The van der Waals surface area contributed by atoms with E-state index in [0.717, 1.165) is 23.4 Å². The Hall–Kier alpha value is -2.93. The highest BCUT2D eigenvalue weighted by molar-refractivity contribution is 7.80. The molecule has 0 radical (unpaired) electrons. The third-order valence-electron chi connectivity index (χ3n) is 4.39. The van der Waals surface area contributed by atoms with E-state index in [0.29, 0.717) is 18.4 Å². The third kappa shape index (κ3) is 7.54. The molecule has 0 aliphatic heterocycles. The summed E-state index contributed by atoms with van der Waals surface area (Å²) in [6.07, 6.45) is 2.15. The van der Waals surface area contributed by atoms with E-state index in [2.05, 4.69) is 22.9 Å². The van der Waals surface area contributed by atoms with Gasteiger partial charge < -0.3 is 15.4 Å². The van der Waals surface area contributed by atoms with Gasteiger partial charge in [0.05, 0.1) is 6.10 Å². The van der Waals surface area contributed by atoms with Crippen LogP contribution in [0.1, 0.15) is 42.6 Å². The van der Waals surface area contributed by atoms with Gasteiger partial charge in [0, 0.05) is 24.7 Å². The molecule has 1 unspecified atom stereocenters.